The summed E-state index contributed by atoms with van der Waals surface area (Å²) < 4.78 is 18.0. The fraction of sp³-hybridized carbons (Fsp3) is 0.308. The summed E-state index contributed by atoms with van der Waals surface area (Å²) in [5.74, 6) is -0.553. The summed E-state index contributed by atoms with van der Waals surface area (Å²) >= 11 is 0. The van der Waals surface area contributed by atoms with Gasteiger partial charge in [-0.25, -0.2) is 4.39 Å². The largest absolute Gasteiger partial charge is 0.466 e. The van der Waals surface area contributed by atoms with Gasteiger partial charge in [0.1, 0.15) is 5.82 Å². The monoisotopic (exact) mass is 235 g/mol. The van der Waals surface area contributed by atoms with Crippen molar-refractivity contribution < 1.29 is 13.9 Å². The van der Waals surface area contributed by atoms with Gasteiger partial charge in [-0.3, -0.25) is 4.79 Å². The fourth-order valence-corrected chi connectivity index (χ4v) is 1.95. The second-order valence-electron chi connectivity index (χ2n) is 3.90. The van der Waals surface area contributed by atoms with E-state index in [0.29, 0.717) is 12.1 Å². The first-order chi connectivity index (χ1) is 8.11. The first-order valence-electron chi connectivity index (χ1n) is 5.54. The van der Waals surface area contributed by atoms with Crippen molar-refractivity contribution >= 4 is 16.9 Å². The maximum Gasteiger partial charge on any atom is 0.310 e. The molecule has 0 spiro atoms. The van der Waals surface area contributed by atoms with E-state index in [-0.39, 0.29) is 18.2 Å². The molecule has 0 saturated heterocycles. The number of carbonyl (C=O) groups is 1. The van der Waals surface area contributed by atoms with Crippen LogP contribution in [0.4, 0.5) is 4.39 Å². The van der Waals surface area contributed by atoms with E-state index in [2.05, 4.69) is 4.98 Å². The molecule has 0 bridgehead atoms. The molecule has 90 valence electrons. The average molecular weight is 235 g/mol. The van der Waals surface area contributed by atoms with Crippen LogP contribution in [0, 0.1) is 12.7 Å². The number of H-pyrrole nitrogens is 1. The number of hydrogen-bond donors (Lipinski definition) is 1. The molecule has 0 radical (unpaired) electrons. The summed E-state index contributed by atoms with van der Waals surface area (Å²) in [6.07, 6.45) is 0.214. The minimum Gasteiger partial charge on any atom is -0.466 e. The van der Waals surface area contributed by atoms with Gasteiger partial charge in [0.15, 0.2) is 0 Å². The van der Waals surface area contributed by atoms with Crippen LogP contribution in [0.3, 0.4) is 0 Å². The predicted octanol–water partition coefficient (Wildman–Crippen LogP) is 2.72. The average Bonchev–Trinajstić information content (AvgIpc) is 2.55. The van der Waals surface area contributed by atoms with Gasteiger partial charge in [0.2, 0.25) is 0 Å². The Morgan fingerprint density at radius 2 is 2.24 bits per heavy atom. The van der Waals surface area contributed by atoms with E-state index in [0.717, 1.165) is 16.6 Å². The normalized spacial score (nSPS) is 10.8. The molecule has 17 heavy (non-hydrogen) atoms. The van der Waals surface area contributed by atoms with Gasteiger partial charge in [-0.05, 0) is 37.6 Å². The van der Waals surface area contributed by atoms with Crippen LogP contribution in [0.15, 0.2) is 18.2 Å². The van der Waals surface area contributed by atoms with Gasteiger partial charge in [-0.2, -0.15) is 0 Å². The van der Waals surface area contributed by atoms with Crippen molar-refractivity contribution in [3.63, 3.8) is 0 Å². The van der Waals surface area contributed by atoms with Crippen molar-refractivity contribution in [2.24, 2.45) is 0 Å². The minimum absolute atomic E-state index is 0.214. The summed E-state index contributed by atoms with van der Waals surface area (Å²) in [5.41, 5.74) is 2.46. The number of rotatable bonds is 3. The Morgan fingerprint density at radius 1 is 1.47 bits per heavy atom. The molecule has 0 unspecified atom stereocenters. The molecular weight excluding hydrogens is 221 g/mol. The molecule has 3 nitrogen and oxygen atoms in total. The Morgan fingerprint density at radius 3 is 2.94 bits per heavy atom. The standard InChI is InChI=1S/C13H14FNO2/c1-3-17-13(16)7-11-8(2)15-12-6-9(14)4-5-10(11)12/h4-6,15H,3,7H2,1-2H3. The van der Waals surface area contributed by atoms with Crippen LogP contribution in [-0.2, 0) is 16.0 Å². The molecule has 2 rings (SSSR count). The van der Waals surface area contributed by atoms with Gasteiger partial charge in [0.25, 0.3) is 0 Å². The molecule has 0 fully saturated rings. The second-order valence-corrected chi connectivity index (χ2v) is 3.90. The number of ether oxygens (including phenoxy) is 1. The maximum absolute atomic E-state index is 13.0. The highest BCUT2D eigenvalue weighted by Gasteiger charge is 2.13. The molecule has 0 saturated carbocycles. The molecule has 0 atom stereocenters. The van der Waals surface area contributed by atoms with Gasteiger partial charge >= 0.3 is 5.97 Å². The summed E-state index contributed by atoms with van der Waals surface area (Å²) in [6, 6.07) is 4.50. The highest BCUT2D eigenvalue weighted by molar-refractivity contribution is 5.88. The Hall–Kier alpha value is -1.84. The third-order valence-corrected chi connectivity index (χ3v) is 2.71. The first-order valence-corrected chi connectivity index (χ1v) is 5.54. The SMILES string of the molecule is CCOC(=O)Cc1c(C)[nH]c2cc(F)ccc12. The zero-order valence-electron chi connectivity index (χ0n) is 9.84. The van der Waals surface area contributed by atoms with Crippen LogP contribution >= 0.6 is 0 Å². The molecule has 4 heteroatoms. The van der Waals surface area contributed by atoms with Crippen LogP contribution in [0.5, 0.6) is 0 Å². The third-order valence-electron chi connectivity index (χ3n) is 2.71. The van der Waals surface area contributed by atoms with E-state index in [9.17, 15) is 9.18 Å². The summed E-state index contributed by atoms with van der Waals surface area (Å²) in [4.78, 5) is 14.5. The topological polar surface area (TPSA) is 42.1 Å². The molecule has 0 amide bonds. The van der Waals surface area contributed by atoms with Crippen LogP contribution < -0.4 is 0 Å². The lowest BCUT2D eigenvalue weighted by Crippen LogP contribution is -2.07. The van der Waals surface area contributed by atoms with Gasteiger partial charge < -0.3 is 9.72 Å². The number of hydrogen-bond acceptors (Lipinski definition) is 2. The van der Waals surface area contributed by atoms with E-state index in [4.69, 9.17) is 4.74 Å². The van der Waals surface area contributed by atoms with E-state index in [1.54, 1.807) is 13.0 Å². The van der Waals surface area contributed by atoms with Gasteiger partial charge in [0.05, 0.1) is 13.0 Å². The quantitative estimate of drug-likeness (QED) is 0.831. The summed E-state index contributed by atoms with van der Waals surface area (Å²) in [7, 11) is 0. The number of esters is 1. The number of benzene rings is 1. The first kappa shape index (κ1) is 11.6. The summed E-state index contributed by atoms with van der Waals surface area (Å²) in [6.45, 7) is 4.01. The van der Waals surface area contributed by atoms with Gasteiger partial charge in [-0.1, -0.05) is 0 Å². The van der Waals surface area contributed by atoms with Crippen molar-refractivity contribution in [2.75, 3.05) is 6.61 Å². The Kier molecular flexibility index (Phi) is 3.13. The van der Waals surface area contributed by atoms with Crippen LogP contribution in [0.25, 0.3) is 10.9 Å². The molecular formula is C13H14FNO2. The fourth-order valence-electron chi connectivity index (χ4n) is 1.95. The second kappa shape index (κ2) is 4.57. The van der Waals surface area contributed by atoms with E-state index in [1.165, 1.54) is 12.1 Å². The van der Waals surface area contributed by atoms with Crippen molar-refractivity contribution in [3.05, 3.63) is 35.3 Å². The number of carbonyl (C=O) groups excluding carboxylic acids is 1. The highest BCUT2D eigenvalue weighted by atomic mass is 19.1. The molecule has 0 aliphatic heterocycles. The van der Waals surface area contributed by atoms with Crippen LogP contribution in [-0.4, -0.2) is 17.6 Å². The zero-order valence-corrected chi connectivity index (χ0v) is 9.84. The molecule has 2 aromatic rings. The van der Waals surface area contributed by atoms with Crippen LogP contribution in [0.1, 0.15) is 18.2 Å². The molecule has 0 aliphatic carbocycles. The van der Waals surface area contributed by atoms with Crippen molar-refractivity contribution in [2.45, 2.75) is 20.3 Å². The zero-order chi connectivity index (χ0) is 12.4. The van der Waals surface area contributed by atoms with Gasteiger partial charge in [0, 0.05) is 16.6 Å². The number of aromatic nitrogens is 1. The number of nitrogens with one attached hydrogen (secondary N) is 1. The number of fused-ring (bicyclic) bond motifs is 1. The Labute approximate surface area is 98.6 Å². The minimum atomic E-state index is -0.290. The molecule has 1 heterocycles. The number of aryl methyl sites for hydroxylation is 1. The Balaban J connectivity index is 2.39. The van der Waals surface area contributed by atoms with Crippen molar-refractivity contribution in [3.8, 4) is 0 Å². The lowest BCUT2D eigenvalue weighted by Gasteiger charge is -2.02. The molecule has 1 aromatic heterocycles. The van der Waals surface area contributed by atoms with Crippen molar-refractivity contribution in [1.82, 2.24) is 4.98 Å². The lowest BCUT2D eigenvalue weighted by molar-refractivity contribution is -0.142. The van der Waals surface area contributed by atoms with Crippen molar-refractivity contribution in [1.29, 1.82) is 0 Å². The molecule has 0 aliphatic rings. The van der Waals surface area contributed by atoms with Gasteiger partial charge in [-0.15, -0.1) is 0 Å². The summed E-state index contributed by atoms with van der Waals surface area (Å²) in [5, 5.41) is 0.872. The smallest absolute Gasteiger partial charge is 0.310 e. The number of halogens is 1. The third kappa shape index (κ3) is 2.30. The molecule has 1 N–H and O–H groups in total. The molecule has 1 aromatic carbocycles. The predicted molar refractivity (Wildman–Crippen MR) is 63.3 cm³/mol. The highest BCUT2D eigenvalue weighted by Crippen LogP contribution is 2.23. The van der Waals surface area contributed by atoms with Crippen LogP contribution in [0.2, 0.25) is 0 Å². The number of aromatic amines is 1. The lowest BCUT2D eigenvalue weighted by atomic mass is 10.1. The van der Waals surface area contributed by atoms with E-state index in [1.807, 2.05) is 6.92 Å². The van der Waals surface area contributed by atoms with E-state index >= 15 is 0 Å². The Bertz CT molecular complexity index is 560. The van der Waals surface area contributed by atoms with E-state index < -0.39 is 0 Å². The maximum atomic E-state index is 13.0.